The van der Waals surface area contributed by atoms with Crippen LogP contribution in [0.25, 0.3) is 10.8 Å². The van der Waals surface area contributed by atoms with Crippen LogP contribution in [0, 0.1) is 5.82 Å². The van der Waals surface area contributed by atoms with Gasteiger partial charge in [-0.05, 0) is 45.6 Å². The summed E-state index contributed by atoms with van der Waals surface area (Å²) in [4.78, 5) is 12.6. The molecule has 0 amide bonds. The molecule has 0 N–H and O–H groups in total. The lowest BCUT2D eigenvalue weighted by Crippen LogP contribution is -2.05. The van der Waals surface area contributed by atoms with Crippen molar-refractivity contribution in [2.24, 2.45) is 0 Å². The van der Waals surface area contributed by atoms with Crippen molar-refractivity contribution in [3.05, 3.63) is 81.0 Å². The van der Waals surface area contributed by atoms with Gasteiger partial charge < -0.3 is 0 Å². The lowest BCUT2D eigenvalue weighted by Gasteiger charge is -2.08. The van der Waals surface area contributed by atoms with E-state index in [1.165, 1.54) is 6.07 Å². The van der Waals surface area contributed by atoms with Gasteiger partial charge in [-0.25, -0.2) is 4.39 Å². The fraction of sp³-hybridized carbons (Fsp3) is 0. The average Bonchev–Trinajstić information content (AvgIpc) is 2.50. The monoisotopic (exact) mass is 362 g/mol. The zero-order valence-corrected chi connectivity index (χ0v) is 13.1. The number of rotatable bonds is 2. The lowest BCUT2D eigenvalue weighted by molar-refractivity contribution is 0.103. The second-order valence-corrected chi connectivity index (χ2v) is 5.83. The highest BCUT2D eigenvalue weighted by Gasteiger charge is 2.18. The number of hydrogen-bond donors (Lipinski definition) is 0. The zero-order valence-electron chi connectivity index (χ0n) is 10.7. The molecule has 3 rings (SSSR count). The molecule has 0 fully saturated rings. The first-order chi connectivity index (χ1) is 10.1. The van der Waals surface area contributed by atoms with E-state index in [1.807, 2.05) is 24.3 Å². The van der Waals surface area contributed by atoms with Crippen molar-refractivity contribution in [1.82, 2.24) is 0 Å². The lowest BCUT2D eigenvalue weighted by atomic mass is 9.97. The number of halogens is 3. The maximum atomic E-state index is 14.1. The fourth-order valence-corrected chi connectivity index (χ4v) is 2.88. The minimum absolute atomic E-state index is 0.0388. The van der Waals surface area contributed by atoms with Crippen LogP contribution in [0.2, 0.25) is 5.02 Å². The van der Waals surface area contributed by atoms with Crippen LogP contribution in [0.4, 0.5) is 4.39 Å². The van der Waals surface area contributed by atoms with Gasteiger partial charge in [0.2, 0.25) is 0 Å². The number of ketones is 1. The van der Waals surface area contributed by atoms with Gasteiger partial charge >= 0.3 is 0 Å². The minimum atomic E-state index is -0.554. The molecule has 0 aliphatic rings. The van der Waals surface area contributed by atoms with Gasteiger partial charge in [0.05, 0.1) is 10.0 Å². The van der Waals surface area contributed by atoms with Crippen LogP contribution in [0.15, 0.2) is 59.1 Å². The molecule has 1 nitrogen and oxygen atoms in total. The first-order valence-electron chi connectivity index (χ1n) is 6.25. The highest BCUT2D eigenvalue weighted by Crippen LogP contribution is 2.29. The molecule has 0 saturated carbocycles. The highest BCUT2D eigenvalue weighted by atomic mass is 79.9. The molecule has 0 aromatic heterocycles. The van der Waals surface area contributed by atoms with Gasteiger partial charge in [0.25, 0.3) is 0 Å². The SMILES string of the molecule is O=C(c1cccc(Br)c1F)c1ccc(Cl)c2ccccc12. The van der Waals surface area contributed by atoms with E-state index in [0.717, 1.165) is 10.8 Å². The topological polar surface area (TPSA) is 17.1 Å². The summed E-state index contributed by atoms with van der Waals surface area (Å²) < 4.78 is 14.4. The molecule has 0 atom stereocenters. The predicted molar refractivity (Wildman–Crippen MR) is 86.5 cm³/mol. The van der Waals surface area contributed by atoms with E-state index in [4.69, 9.17) is 11.6 Å². The van der Waals surface area contributed by atoms with Crippen molar-refractivity contribution in [3.8, 4) is 0 Å². The van der Waals surface area contributed by atoms with Crippen LogP contribution >= 0.6 is 27.5 Å². The van der Waals surface area contributed by atoms with E-state index in [-0.39, 0.29) is 15.8 Å². The number of hydrogen-bond acceptors (Lipinski definition) is 1. The average molecular weight is 364 g/mol. The van der Waals surface area contributed by atoms with Crippen LogP contribution in [0.5, 0.6) is 0 Å². The van der Waals surface area contributed by atoms with Gasteiger partial charge in [-0.3, -0.25) is 4.79 Å². The Labute approximate surface area is 134 Å². The number of benzene rings is 3. The van der Waals surface area contributed by atoms with Crippen LogP contribution in [0.1, 0.15) is 15.9 Å². The molecule has 0 heterocycles. The fourth-order valence-electron chi connectivity index (χ4n) is 2.28. The molecule has 0 aliphatic carbocycles. The van der Waals surface area contributed by atoms with E-state index in [0.29, 0.717) is 10.6 Å². The molecular formula is C17H9BrClFO. The zero-order chi connectivity index (χ0) is 15.0. The molecule has 0 aliphatic heterocycles. The second kappa shape index (κ2) is 5.58. The van der Waals surface area contributed by atoms with Crippen molar-refractivity contribution in [1.29, 1.82) is 0 Å². The molecule has 0 spiro atoms. The summed E-state index contributed by atoms with van der Waals surface area (Å²) in [7, 11) is 0. The van der Waals surface area contributed by atoms with Crippen molar-refractivity contribution in [2.75, 3.05) is 0 Å². The van der Waals surface area contributed by atoms with Crippen LogP contribution < -0.4 is 0 Å². The summed E-state index contributed by atoms with van der Waals surface area (Å²) in [5, 5.41) is 2.06. The summed E-state index contributed by atoms with van der Waals surface area (Å²) in [6, 6.07) is 15.3. The van der Waals surface area contributed by atoms with Crippen molar-refractivity contribution in [3.63, 3.8) is 0 Å². The molecule has 104 valence electrons. The minimum Gasteiger partial charge on any atom is -0.288 e. The van der Waals surface area contributed by atoms with Crippen molar-refractivity contribution in [2.45, 2.75) is 0 Å². The van der Waals surface area contributed by atoms with Gasteiger partial charge in [0.15, 0.2) is 5.78 Å². The Morgan fingerprint density at radius 3 is 2.38 bits per heavy atom. The predicted octanol–water partition coefficient (Wildman–Crippen LogP) is 5.63. The Balaban J connectivity index is 2.23. The Morgan fingerprint density at radius 1 is 0.905 bits per heavy atom. The first-order valence-corrected chi connectivity index (χ1v) is 7.42. The molecule has 3 aromatic carbocycles. The van der Waals surface area contributed by atoms with E-state index in [1.54, 1.807) is 24.3 Å². The quantitative estimate of drug-likeness (QED) is 0.540. The van der Waals surface area contributed by atoms with E-state index < -0.39 is 5.82 Å². The van der Waals surface area contributed by atoms with Crippen LogP contribution in [-0.4, -0.2) is 5.78 Å². The van der Waals surface area contributed by atoms with Crippen molar-refractivity contribution < 1.29 is 9.18 Å². The van der Waals surface area contributed by atoms with Crippen molar-refractivity contribution >= 4 is 44.1 Å². The summed E-state index contributed by atoms with van der Waals surface area (Å²) in [6.45, 7) is 0. The van der Waals surface area contributed by atoms with Crippen LogP contribution in [0.3, 0.4) is 0 Å². The van der Waals surface area contributed by atoms with Gasteiger partial charge in [0, 0.05) is 16.0 Å². The van der Waals surface area contributed by atoms with E-state index in [2.05, 4.69) is 15.9 Å². The number of carbonyl (C=O) groups is 1. The van der Waals surface area contributed by atoms with E-state index >= 15 is 0 Å². The summed E-state index contributed by atoms with van der Waals surface area (Å²) in [5.41, 5.74) is 0.476. The standard InChI is InChI=1S/C17H9BrClFO/c18-14-7-3-6-13(16(14)20)17(21)12-8-9-15(19)11-5-2-1-4-10(11)12/h1-9H. The summed E-state index contributed by atoms with van der Waals surface area (Å²) in [5.74, 6) is -0.914. The largest absolute Gasteiger partial charge is 0.288 e. The second-order valence-electron chi connectivity index (χ2n) is 4.57. The van der Waals surface area contributed by atoms with Crippen LogP contribution in [-0.2, 0) is 0 Å². The Morgan fingerprint density at radius 2 is 1.62 bits per heavy atom. The van der Waals surface area contributed by atoms with E-state index in [9.17, 15) is 9.18 Å². The van der Waals surface area contributed by atoms with Gasteiger partial charge in [-0.1, -0.05) is 41.9 Å². The summed E-state index contributed by atoms with van der Waals surface area (Å²) in [6.07, 6.45) is 0. The molecule has 0 unspecified atom stereocenters. The summed E-state index contributed by atoms with van der Waals surface area (Å²) >= 11 is 9.24. The molecule has 21 heavy (non-hydrogen) atoms. The van der Waals surface area contributed by atoms with Gasteiger partial charge in [-0.2, -0.15) is 0 Å². The van der Waals surface area contributed by atoms with Gasteiger partial charge in [-0.15, -0.1) is 0 Å². The first kappa shape index (κ1) is 14.2. The Hall–Kier alpha value is -1.71. The number of fused-ring (bicyclic) bond motifs is 1. The third-order valence-electron chi connectivity index (χ3n) is 3.31. The molecule has 0 radical (unpaired) electrons. The maximum Gasteiger partial charge on any atom is 0.196 e. The smallest absolute Gasteiger partial charge is 0.196 e. The molecule has 0 saturated heterocycles. The molecular weight excluding hydrogens is 355 g/mol. The number of carbonyl (C=O) groups excluding carboxylic acids is 1. The molecule has 4 heteroatoms. The maximum absolute atomic E-state index is 14.1. The third-order valence-corrected chi connectivity index (χ3v) is 4.25. The molecule has 3 aromatic rings. The third kappa shape index (κ3) is 2.47. The van der Waals surface area contributed by atoms with Gasteiger partial charge in [0.1, 0.15) is 5.82 Å². The normalized spacial score (nSPS) is 10.8. The Bertz CT molecular complexity index is 861. The molecule has 0 bridgehead atoms. The Kier molecular flexibility index (Phi) is 3.79. The highest BCUT2D eigenvalue weighted by molar-refractivity contribution is 9.10.